The molecule has 3 aromatic rings. The molecule has 1 aliphatic heterocycles. The summed E-state index contributed by atoms with van der Waals surface area (Å²) in [6.45, 7) is -0.221. The van der Waals surface area contributed by atoms with Crippen molar-refractivity contribution in [1.82, 2.24) is 19.9 Å². The number of amides is 1. The summed E-state index contributed by atoms with van der Waals surface area (Å²) in [5.74, 6) is -0.396. The van der Waals surface area contributed by atoms with Crippen LogP contribution in [0.5, 0.6) is 0 Å². The number of nitrogens with one attached hydrogen (secondary N) is 1. The van der Waals surface area contributed by atoms with E-state index in [-0.39, 0.29) is 48.0 Å². The van der Waals surface area contributed by atoms with Crippen LogP contribution in [0.4, 0.5) is 20.6 Å². The Hall–Kier alpha value is -3.80. The van der Waals surface area contributed by atoms with Gasteiger partial charge in [0.2, 0.25) is 0 Å². The zero-order valence-electron chi connectivity index (χ0n) is 16.4. The minimum absolute atomic E-state index is 0.000327. The number of aliphatic hydroxyl groups excluding tert-OH is 1. The highest BCUT2D eigenvalue weighted by atomic mass is 19.1. The first-order valence-electron chi connectivity index (χ1n) is 9.43. The van der Waals surface area contributed by atoms with E-state index in [0.717, 1.165) is 0 Å². The van der Waals surface area contributed by atoms with Crippen molar-refractivity contribution < 1.29 is 24.3 Å². The number of nitro groups is 1. The minimum Gasteiger partial charge on any atom is -0.465 e. The van der Waals surface area contributed by atoms with Crippen LogP contribution in [-0.4, -0.2) is 61.0 Å². The van der Waals surface area contributed by atoms with E-state index in [0.29, 0.717) is 5.52 Å². The number of aromatic nitrogens is 3. The molecule has 12 heteroatoms. The van der Waals surface area contributed by atoms with Gasteiger partial charge in [-0.15, -0.1) is 0 Å². The van der Waals surface area contributed by atoms with Gasteiger partial charge < -0.3 is 25.0 Å². The van der Waals surface area contributed by atoms with E-state index in [1.54, 1.807) is 16.5 Å². The van der Waals surface area contributed by atoms with Crippen LogP contribution in [0.3, 0.4) is 0 Å². The first kappa shape index (κ1) is 20.5. The van der Waals surface area contributed by atoms with Crippen LogP contribution in [-0.2, 0) is 7.05 Å². The smallest absolute Gasteiger partial charge is 0.404 e. The molecule has 3 N–H and O–H groups in total. The second-order valence-corrected chi connectivity index (χ2v) is 7.26. The fourth-order valence-corrected chi connectivity index (χ4v) is 4.07. The molecule has 0 unspecified atom stereocenters. The number of carbonyl (C=O) groups is 1. The highest BCUT2D eigenvalue weighted by molar-refractivity contribution is 5.96. The van der Waals surface area contributed by atoms with Crippen LogP contribution < -0.4 is 10.2 Å². The Morgan fingerprint density at radius 3 is 2.84 bits per heavy atom. The second kappa shape index (κ2) is 7.80. The van der Waals surface area contributed by atoms with Gasteiger partial charge in [0.25, 0.3) is 5.69 Å². The third-order valence-electron chi connectivity index (χ3n) is 5.41. The summed E-state index contributed by atoms with van der Waals surface area (Å²) in [5, 5.41) is 33.0. The number of hydrogen-bond donors (Lipinski definition) is 3. The first-order chi connectivity index (χ1) is 14.8. The molecule has 1 fully saturated rings. The lowest BCUT2D eigenvalue weighted by molar-refractivity contribution is -0.384. The number of carboxylic acid groups (broad SMARTS) is 1. The Labute approximate surface area is 174 Å². The number of anilines is 1. The molecule has 2 atom stereocenters. The molecule has 1 aromatic carbocycles. The van der Waals surface area contributed by atoms with Crippen molar-refractivity contribution in [1.29, 1.82) is 0 Å². The molecule has 11 nitrogen and oxygen atoms in total. The van der Waals surface area contributed by atoms with Crippen LogP contribution in [0.2, 0.25) is 0 Å². The molecule has 2 aromatic heterocycles. The number of rotatable bonds is 5. The van der Waals surface area contributed by atoms with E-state index in [2.05, 4.69) is 15.3 Å². The quantitative estimate of drug-likeness (QED) is 0.411. The summed E-state index contributed by atoms with van der Waals surface area (Å²) < 4.78 is 15.9. The van der Waals surface area contributed by atoms with E-state index >= 15 is 0 Å². The number of nitro benzene ring substituents is 1. The van der Waals surface area contributed by atoms with Crippen LogP contribution in [0.15, 0.2) is 30.5 Å². The van der Waals surface area contributed by atoms with Gasteiger partial charge in [0.15, 0.2) is 11.6 Å². The molecule has 162 valence electrons. The summed E-state index contributed by atoms with van der Waals surface area (Å²) in [6.07, 6.45) is 0.471. The number of fused-ring (bicyclic) bond motifs is 1. The molecule has 0 spiro atoms. The number of nitrogens with zero attached hydrogens (tertiary/aromatic N) is 5. The standard InChI is InChI=1S/C19H19FN6O5/c1-24-13-4-5-14(26(30)31)17(25-8-10(22-19(28)29)7-11(25)9-27)16(13)23-18(24)15-12(20)3-2-6-21-15/h2-6,10-11,22,27H,7-9H2,1H3,(H,28,29)/t10-,11+/m1/s1. The molecule has 0 radical (unpaired) electrons. The van der Waals surface area contributed by atoms with Crippen LogP contribution in [0.1, 0.15) is 6.42 Å². The van der Waals surface area contributed by atoms with Gasteiger partial charge in [-0.25, -0.2) is 19.2 Å². The molecular weight excluding hydrogens is 411 g/mol. The molecule has 0 bridgehead atoms. The van der Waals surface area contributed by atoms with Gasteiger partial charge in [-0.1, -0.05) is 0 Å². The monoisotopic (exact) mass is 430 g/mol. The molecule has 0 aliphatic carbocycles. The Kier molecular flexibility index (Phi) is 5.15. The van der Waals surface area contributed by atoms with Gasteiger partial charge in [-0.3, -0.25) is 10.1 Å². The summed E-state index contributed by atoms with van der Waals surface area (Å²) in [6, 6.07) is 4.45. The van der Waals surface area contributed by atoms with Gasteiger partial charge in [0, 0.05) is 25.9 Å². The molecule has 31 heavy (non-hydrogen) atoms. The minimum atomic E-state index is -1.22. The third-order valence-corrected chi connectivity index (χ3v) is 5.41. The predicted octanol–water partition coefficient (Wildman–Crippen LogP) is 1.89. The fraction of sp³-hybridized carbons (Fsp3) is 0.316. The molecule has 4 rings (SSSR count). The van der Waals surface area contributed by atoms with Crippen molar-refractivity contribution in [2.75, 3.05) is 18.1 Å². The topological polar surface area (TPSA) is 147 Å². The SMILES string of the molecule is Cn1c(-c2ncccc2F)nc2c(N3C[C@H](NC(=O)O)C[C@H]3CO)c([N+](=O)[O-])ccc21. The van der Waals surface area contributed by atoms with E-state index in [4.69, 9.17) is 5.11 Å². The van der Waals surface area contributed by atoms with Crippen molar-refractivity contribution >= 4 is 28.5 Å². The fourth-order valence-electron chi connectivity index (χ4n) is 4.07. The number of pyridine rings is 1. The number of hydrogen-bond acceptors (Lipinski definition) is 7. The van der Waals surface area contributed by atoms with Crippen molar-refractivity contribution in [3.63, 3.8) is 0 Å². The highest BCUT2D eigenvalue weighted by Gasteiger charge is 2.38. The Morgan fingerprint density at radius 1 is 1.42 bits per heavy atom. The maximum atomic E-state index is 14.4. The second-order valence-electron chi connectivity index (χ2n) is 7.26. The van der Waals surface area contributed by atoms with Gasteiger partial charge in [-0.2, -0.15) is 0 Å². The maximum absolute atomic E-state index is 14.4. The first-order valence-corrected chi connectivity index (χ1v) is 9.43. The number of imidazole rings is 1. The van der Waals surface area contributed by atoms with Gasteiger partial charge in [0.1, 0.15) is 16.9 Å². The van der Waals surface area contributed by atoms with Crippen molar-refractivity contribution in [2.45, 2.75) is 18.5 Å². The zero-order valence-corrected chi connectivity index (χ0v) is 16.4. The molecule has 1 aliphatic rings. The Morgan fingerprint density at radius 2 is 2.19 bits per heavy atom. The normalized spacial score (nSPS) is 18.5. The summed E-state index contributed by atoms with van der Waals surface area (Å²) >= 11 is 0. The van der Waals surface area contributed by atoms with Crippen LogP contribution >= 0.6 is 0 Å². The van der Waals surface area contributed by atoms with Crippen molar-refractivity contribution in [2.24, 2.45) is 7.05 Å². The summed E-state index contributed by atoms with van der Waals surface area (Å²) in [5.41, 5.74) is 0.654. The van der Waals surface area contributed by atoms with E-state index < -0.39 is 28.9 Å². The Balaban J connectivity index is 1.92. The maximum Gasteiger partial charge on any atom is 0.404 e. The molecule has 3 heterocycles. The largest absolute Gasteiger partial charge is 0.465 e. The molecule has 0 saturated carbocycles. The molecular formula is C19H19FN6O5. The van der Waals surface area contributed by atoms with E-state index in [1.165, 1.54) is 30.5 Å². The summed E-state index contributed by atoms with van der Waals surface area (Å²) in [7, 11) is 1.65. The number of halogens is 1. The number of benzene rings is 1. The predicted molar refractivity (Wildman–Crippen MR) is 108 cm³/mol. The van der Waals surface area contributed by atoms with E-state index in [9.17, 15) is 24.4 Å². The summed E-state index contributed by atoms with van der Waals surface area (Å²) in [4.78, 5) is 32.4. The van der Waals surface area contributed by atoms with Gasteiger partial charge in [0.05, 0.1) is 29.1 Å². The van der Waals surface area contributed by atoms with Crippen LogP contribution in [0.25, 0.3) is 22.6 Å². The lowest BCUT2D eigenvalue weighted by atomic mass is 10.1. The lowest BCUT2D eigenvalue weighted by Gasteiger charge is -2.25. The van der Waals surface area contributed by atoms with Crippen LogP contribution in [0, 0.1) is 15.9 Å². The van der Waals surface area contributed by atoms with Gasteiger partial charge in [-0.05, 0) is 24.6 Å². The average molecular weight is 430 g/mol. The zero-order chi connectivity index (χ0) is 22.3. The lowest BCUT2D eigenvalue weighted by Crippen LogP contribution is -2.36. The van der Waals surface area contributed by atoms with E-state index in [1.807, 2.05) is 0 Å². The Bertz CT molecular complexity index is 1180. The van der Waals surface area contributed by atoms with Gasteiger partial charge >= 0.3 is 6.09 Å². The van der Waals surface area contributed by atoms with Crippen molar-refractivity contribution in [3.05, 3.63) is 46.4 Å². The molecule has 1 amide bonds. The number of aliphatic hydroxyl groups is 1. The number of aryl methyl sites for hydroxylation is 1. The molecule has 1 saturated heterocycles. The third kappa shape index (κ3) is 3.50. The highest BCUT2D eigenvalue weighted by Crippen LogP contribution is 2.40. The van der Waals surface area contributed by atoms with Crippen molar-refractivity contribution in [3.8, 4) is 11.5 Å². The average Bonchev–Trinajstić information content (AvgIpc) is 3.27.